The number of fused-ring (bicyclic) bond motifs is 1. The predicted molar refractivity (Wildman–Crippen MR) is 138 cm³/mol. The molecule has 8 nitrogen and oxygen atoms in total. The molecule has 190 valence electrons. The number of carbonyl (C=O) groups is 2. The van der Waals surface area contributed by atoms with Crippen LogP contribution >= 0.6 is 0 Å². The monoisotopic (exact) mass is 489 g/mol. The van der Waals surface area contributed by atoms with E-state index in [9.17, 15) is 9.59 Å². The molecule has 2 saturated heterocycles. The molecule has 0 spiro atoms. The van der Waals surface area contributed by atoms with Crippen molar-refractivity contribution in [3.05, 3.63) is 48.4 Å². The van der Waals surface area contributed by atoms with E-state index in [0.29, 0.717) is 19.8 Å². The highest BCUT2D eigenvalue weighted by Gasteiger charge is 2.39. The molecule has 1 aromatic carbocycles. The van der Waals surface area contributed by atoms with Crippen molar-refractivity contribution in [2.45, 2.75) is 58.0 Å². The van der Waals surface area contributed by atoms with E-state index in [-0.39, 0.29) is 29.7 Å². The molecule has 0 saturated carbocycles. The topological polar surface area (TPSA) is 100 Å². The molecule has 2 aliphatic heterocycles. The molecule has 4 heterocycles. The summed E-state index contributed by atoms with van der Waals surface area (Å²) >= 11 is 0. The van der Waals surface area contributed by atoms with Crippen molar-refractivity contribution in [1.29, 1.82) is 0 Å². The van der Waals surface area contributed by atoms with E-state index < -0.39 is 6.04 Å². The fourth-order valence-corrected chi connectivity index (χ4v) is 5.40. The third kappa shape index (κ3) is 4.87. The van der Waals surface area contributed by atoms with Crippen molar-refractivity contribution in [2.75, 3.05) is 19.8 Å². The van der Waals surface area contributed by atoms with Crippen LogP contribution in [0.4, 0.5) is 0 Å². The Morgan fingerprint density at radius 1 is 1.17 bits per heavy atom. The number of H-pyrrole nitrogens is 1. The molecular formula is C28H35N5O3. The number of benzene rings is 1. The minimum atomic E-state index is -0.528. The highest BCUT2D eigenvalue weighted by molar-refractivity contribution is 5.91. The van der Waals surface area contributed by atoms with Gasteiger partial charge in [-0.15, -0.1) is 0 Å². The molecule has 2 amide bonds. The van der Waals surface area contributed by atoms with E-state index in [0.717, 1.165) is 60.1 Å². The minimum absolute atomic E-state index is 0.00840. The first kappa shape index (κ1) is 24.4. The number of hydrogen-bond donors (Lipinski definition) is 2. The van der Waals surface area contributed by atoms with Crippen molar-refractivity contribution in [2.24, 2.45) is 11.8 Å². The third-order valence-corrected chi connectivity index (χ3v) is 7.74. The average molecular weight is 490 g/mol. The first-order chi connectivity index (χ1) is 17.6. The van der Waals surface area contributed by atoms with Gasteiger partial charge in [-0.05, 0) is 44.1 Å². The zero-order chi connectivity index (χ0) is 25.1. The second-order valence-electron chi connectivity index (χ2n) is 10.0. The summed E-state index contributed by atoms with van der Waals surface area (Å²) in [6.45, 7) is 5.83. The number of nitrogens with zero attached hydrogens (tertiary/aromatic N) is 3. The van der Waals surface area contributed by atoms with Crippen LogP contribution < -0.4 is 5.32 Å². The molecule has 8 heteroatoms. The summed E-state index contributed by atoms with van der Waals surface area (Å²) in [6, 6.07) is 11.5. The van der Waals surface area contributed by atoms with E-state index in [2.05, 4.69) is 20.3 Å². The van der Waals surface area contributed by atoms with Crippen LogP contribution in [-0.4, -0.2) is 57.5 Å². The quantitative estimate of drug-likeness (QED) is 0.517. The van der Waals surface area contributed by atoms with E-state index in [1.54, 1.807) is 6.33 Å². The molecule has 0 bridgehead atoms. The van der Waals surface area contributed by atoms with Crippen LogP contribution in [0.5, 0.6) is 0 Å². The number of ether oxygens (including phenoxy) is 1. The number of amides is 2. The summed E-state index contributed by atoms with van der Waals surface area (Å²) in [6.07, 6.45) is 5.67. The number of aromatic nitrogens is 3. The van der Waals surface area contributed by atoms with Crippen molar-refractivity contribution < 1.29 is 14.3 Å². The Bertz CT molecular complexity index is 1200. The van der Waals surface area contributed by atoms with Crippen LogP contribution in [0.3, 0.4) is 0 Å². The summed E-state index contributed by atoms with van der Waals surface area (Å²) < 4.78 is 5.55. The largest absolute Gasteiger partial charge is 0.381 e. The van der Waals surface area contributed by atoms with Gasteiger partial charge in [0.2, 0.25) is 11.8 Å². The first-order valence-electron chi connectivity index (χ1n) is 13.1. The summed E-state index contributed by atoms with van der Waals surface area (Å²) in [5, 5.41) is 3.13. The number of hydrogen-bond acceptors (Lipinski definition) is 5. The molecule has 2 aromatic heterocycles. The molecule has 0 aliphatic carbocycles. The molecule has 2 N–H and O–H groups in total. The molecule has 0 unspecified atom stereocenters. The average Bonchev–Trinajstić information content (AvgIpc) is 3.59. The van der Waals surface area contributed by atoms with Crippen molar-refractivity contribution in [3.8, 4) is 11.3 Å². The molecule has 3 aromatic rings. The molecule has 36 heavy (non-hydrogen) atoms. The zero-order valence-electron chi connectivity index (χ0n) is 21.1. The van der Waals surface area contributed by atoms with Gasteiger partial charge in [-0.3, -0.25) is 9.59 Å². The maximum atomic E-state index is 14.0. The van der Waals surface area contributed by atoms with Crippen LogP contribution in [0.1, 0.15) is 57.7 Å². The van der Waals surface area contributed by atoms with Gasteiger partial charge in [-0.1, -0.05) is 44.2 Å². The number of carbonyl (C=O) groups excluding carboxylic acids is 2. The Kier molecular flexibility index (Phi) is 7.32. The second kappa shape index (κ2) is 10.8. The van der Waals surface area contributed by atoms with E-state index in [1.165, 1.54) is 0 Å². The minimum Gasteiger partial charge on any atom is -0.381 e. The molecule has 3 atom stereocenters. The van der Waals surface area contributed by atoms with Crippen LogP contribution in [0.2, 0.25) is 0 Å². The van der Waals surface area contributed by atoms with Gasteiger partial charge in [0.25, 0.3) is 0 Å². The molecule has 0 radical (unpaired) electrons. The highest BCUT2D eigenvalue weighted by Crippen LogP contribution is 2.36. The van der Waals surface area contributed by atoms with E-state index in [4.69, 9.17) is 4.74 Å². The molecule has 2 aliphatic rings. The molecule has 2 fully saturated rings. The maximum Gasteiger partial charge on any atom is 0.246 e. The number of likely N-dealkylation sites (tertiary alicyclic amines) is 1. The Balaban J connectivity index is 1.44. The lowest BCUT2D eigenvalue weighted by Gasteiger charge is -2.35. The fraction of sp³-hybridized carbons (Fsp3) is 0.500. The zero-order valence-corrected chi connectivity index (χ0v) is 21.1. The number of nitrogens with one attached hydrogen (secondary N) is 2. The summed E-state index contributed by atoms with van der Waals surface area (Å²) in [5.41, 5.74) is 4.55. The van der Waals surface area contributed by atoms with Crippen molar-refractivity contribution >= 4 is 22.8 Å². The predicted octanol–water partition coefficient (Wildman–Crippen LogP) is 4.25. The van der Waals surface area contributed by atoms with Gasteiger partial charge >= 0.3 is 0 Å². The van der Waals surface area contributed by atoms with Gasteiger partial charge in [-0.2, -0.15) is 0 Å². The lowest BCUT2D eigenvalue weighted by atomic mass is 9.90. The van der Waals surface area contributed by atoms with Crippen LogP contribution in [0.25, 0.3) is 22.3 Å². The first-order valence-corrected chi connectivity index (χ1v) is 13.1. The lowest BCUT2D eigenvalue weighted by Crippen LogP contribution is -2.54. The SMILES string of the molecule is CC[C@@H](C)C(=O)N[C@H](C(=O)N1CCC[C@H]1c1cc2ncnc(-c3ccccc3)c2[nH]1)C1CCOCC1. The maximum absolute atomic E-state index is 14.0. The molecular weight excluding hydrogens is 454 g/mol. The Hall–Kier alpha value is -3.26. The summed E-state index contributed by atoms with van der Waals surface area (Å²) in [5.74, 6) is -0.0856. The number of rotatable bonds is 7. The Labute approximate surface area is 211 Å². The van der Waals surface area contributed by atoms with Gasteiger partial charge < -0.3 is 19.9 Å². The van der Waals surface area contributed by atoms with Crippen LogP contribution in [-0.2, 0) is 14.3 Å². The van der Waals surface area contributed by atoms with E-state index >= 15 is 0 Å². The second-order valence-corrected chi connectivity index (χ2v) is 10.0. The van der Waals surface area contributed by atoms with Crippen molar-refractivity contribution in [1.82, 2.24) is 25.2 Å². The van der Waals surface area contributed by atoms with Crippen molar-refractivity contribution in [3.63, 3.8) is 0 Å². The normalized spacial score (nSPS) is 20.4. The third-order valence-electron chi connectivity index (χ3n) is 7.74. The van der Waals surface area contributed by atoms with Gasteiger partial charge in [0.05, 0.1) is 22.8 Å². The van der Waals surface area contributed by atoms with Gasteiger partial charge in [0.15, 0.2) is 0 Å². The fourth-order valence-electron chi connectivity index (χ4n) is 5.40. The molecule has 5 rings (SSSR count). The highest BCUT2D eigenvalue weighted by atomic mass is 16.5. The summed E-state index contributed by atoms with van der Waals surface area (Å²) in [7, 11) is 0. The summed E-state index contributed by atoms with van der Waals surface area (Å²) in [4.78, 5) is 41.4. The number of aromatic amines is 1. The smallest absolute Gasteiger partial charge is 0.246 e. The standard InChI is InChI=1S/C28H35N5O3/c1-3-18(2)27(34)32-25(20-11-14-36-15-12-20)28(35)33-13-7-10-23(33)21-16-22-26(31-21)24(30-17-29-22)19-8-5-4-6-9-19/h4-6,8-9,16-18,20,23,25,31H,3,7,10-15H2,1-2H3,(H,32,34)/t18-,23+,25+/m1/s1. The van der Waals surface area contributed by atoms with Crippen LogP contribution in [0, 0.1) is 11.8 Å². The van der Waals surface area contributed by atoms with Gasteiger partial charge in [0.1, 0.15) is 12.4 Å². The van der Waals surface area contributed by atoms with Gasteiger partial charge in [-0.25, -0.2) is 9.97 Å². The Morgan fingerprint density at radius 3 is 2.69 bits per heavy atom. The van der Waals surface area contributed by atoms with Crippen LogP contribution in [0.15, 0.2) is 42.7 Å². The Morgan fingerprint density at radius 2 is 1.94 bits per heavy atom. The lowest BCUT2D eigenvalue weighted by molar-refractivity contribution is -0.140. The van der Waals surface area contributed by atoms with E-state index in [1.807, 2.05) is 55.1 Å². The van der Waals surface area contributed by atoms with Gasteiger partial charge in [0, 0.05) is 36.9 Å².